The number of carbonyl (C=O) groups excluding carboxylic acids is 1. The van der Waals surface area contributed by atoms with Crippen LogP contribution in [-0.4, -0.2) is 51.0 Å². The van der Waals surface area contributed by atoms with Gasteiger partial charge in [0.15, 0.2) is 11.5 Å². The maximum absolute atomic E-state index is 12.3. The number of β-amino-alcohol motifs (C(OH)–C–C–N with tert-alkyl or cyclic N) is 1. The zero-order valence-electron chi connectivity index (χ0n) is 12.6. The van der Waals surface area contributed by atoms with Crippen LogP contribution in [0.25, 0.3) is 0 Å². The van der Waals surface area contributed by atoms with Gasteiger partial charge in [0.25, 0.3) is 5.91 Å². The molecule has 1 heterocycles. The molecule has 0 aromatic heterocycles. The van der Waals surface area contributed by atoms with Crippen molar-refractivity contribution in [1.82, 2.24) is 10.6 Å². The Labute approximate surface area is 124 Å². The molecule has 0 saturated carbocycles. The average Bonchev–Trinajstić information content (AvgIpc) is 2.89. The first-order valence-corrected chi connectivity index (χ1v) is 6.96. The van der Waals surface area contributed by atoms with Crippen molar-refractivity contribution >= 4 is 5.91 Å². The van der Waals surface area contributed by atoms with Crippen molar-refractivity contribution in [2.75, 3.05) is 33.9 Å². The van der Waals surface area contributed by atoms with Crippen LogP contribution in [0.3, 0.4) is 0 Å². The number of amides is 1. The first kappa shape index (κ1) is 15.6. The number of aliphatic hydroxyl groups excluding tert-OH is 1. The lowest BCUT2D eigenvalue weighted by Gasteiger charge is -2.16. The van der Waals surface area contributed by atoms with Crippen molar-refractivity contribution in [3.8, 4) is 11.5 Å². The van der Waals surface area contributed by atoms with Gasteiger partial charge in [-0.15, -0.1) is 0 Å². The van der Waals surface area contributed by atoms with Gasteiger partial charge >= 0.3 is 0 Å². The molecule has 0 spiro atoms. The minimum absolute atomic E-state index is 0.0504. The summed E-state index contributed by atoms with van der Waals surface area (Å²) < 4.78 is 10.4. The summed E-state index contributed by atoms with van der Waals surface area (Å²) in [5.74, 6) is 1.000. The second kappa shape index (κ2) is 6.78. The first-order chi connectivity index (χ1) is 10.1. The average molecular weight is 294 g/mol. The van der Waals surface area contributed by atoms with Crippen LogP contribution < -0.4 is 20.1 Å². The molecule has 1 aromatic rings. The van der Waals surface area contributed by atoms with Crippen LogP contribution in [0.4, 0.5) is 0 Å². The summed E-state index contributed by atoms with van der Waals surface area (Å²) in [7, 11) is 3.10. The number of nitrogens with one attached hydrogen (secondary N) is 2. The highest BCUT2D eigenvalue weighted by atomic mass is 16.5. The fourth-order valence-corrected chi connectivity index (χ4v) is 2.47. The second-order valence-electron chi connectivity index (χ2n) is 5.22. The molecule has 1 fully saturated rings. The monoisotopic (exact) mass is 294 g/mol. The van der Waals surface area contributed by atoms with Gasteiger partial charge in [0.1, 0.15) is 0 Å². The van der Waals surface area contributed by atoms with E-state index in [4.69, 9.17) is 9.47 Å². The van der Waals surface area contributed by atoms with Gasteiger partial charge in [-0.2, -0.15) is 0 Å². The van der Waals surface area contributed by atoms with Gasteiger partial charge < -0.3 is 25.2 Å². The summed E-state index contributed by atoms with van der Waals surface area (Å²) in [4.78, 5) is 12.3. The predicted molar refractivity (Wildman–Crippen MR) is 79.0 cm³/mol. The molecule has 1 aliphatic rings. The maximum atomic E-state index is 12.3. The third kappa shape index (κ3) is 3.46. The van der Waals surface area contributed by atoms with E-state index in [9.17, 15) is 9.90 Å². The second-order valence-corrected chi connectivity index (χ2v) is 5.22. The van der Waals surface area contributed by atoms with E-state index in [-0.39, 0.29) is 11.8 Å². The van der Waals surface area contributed by atoms with Crippen LogP contribution in [0.2, 0.25) is 0 Å². The molecule has 21 heavy (non-hydrogen) atoms. The van der Waals surface area contributed by atoms with Crippen LogP contribution >= 0.6 is 0 Å². The lowest BCUT2D eigenvalue weighted by Crippen LogP contribution is -2.34. The molecule has 3 N–H and O–H groups in total. The predicted octanol–water partition coefficient (Wildman–Crippen LogP) is 0.322. The Hall–Kier alpha value is -1.79. The van der Waals surface area contributed by atoms with E-state index in [1.54, 1.807) is 19.2 Å². The van der Waals surface area contributed by atoms with Crippen LogP contribution in [0.5, 0.6) is 11.5 Å². The number of aryl methyl sites for hydroxylation is 1. The van der Waals surface area contributed by atoms with Crippen LogP contribution in [0.1, 0.15) is 15.9 Å². The number of benzene rings is 1. The molecule has 1 aliphatic heterocycles. The van der Waals surface area contributed by atoms with Gasteiger partial charge in [0, 0.05) is 31.1 Å². The molecule has 6 heteroatoms. The quantitative estimate of drug-likeness (QED) is 0.729. The van der Waals surface area contributed by atoms with Gasteiger partial charge in [-0.3, -0.25) is 4.79 Å². The Morgan fingerprint density at radius 1 is 1.33 bits per heavy atom. The highest BCUT2D eigenvalue weighted by Gasteiger charge is 2.25. The molecule has 2 atom stereocenters. The highest BCUT2D eigenvalue weighted by molar-refractivity contribution is 5.96. The molecule has 6 nitrogen and oxygen atoms in total. The standard InChI is InChI=1S/C15H22N2O4/c1-9-4-13(20-2)14(21-3)5-11(9)15(19)17-7-10-6-16-8-12(10)18/h4-5,10,12,16,18H,6-8H2,1-3H3,(H,17,19). The van der Waals surface area contributed by atoms with E-state index in [1.165, 1.54) is 7.11 Å². The largest absolute Gasteiger partial charge is 0.493 e. The fraction of sp³-hybridized carbons (Fsp3) is 0.533. The summed E-state index contributed by atoms with van der Waals surface area (Å²) >= 11 is 0. The van der Waals surface area contributed by atoms with Crippen LogP contribution in [-0.2, 0) is 0 Å². The van der Waals surface area contributed by atoms with Gasteiger partial charge in [0.05, 0.1) is 20.3 Å². The first-order valence-electron chi connectivity index (χ1n) is 6.96. The molecule has 1 saturated heterocycles. The summed E-state index contributed by atoms with van der Waals surface area (Å²) in [6, 6.07) is 3.45. The van der Waals surface area contributed by atoms with E-state index in [0.29, 0.717) is 36.7 Å². The molecule has 0 bridgehead atoms. The number of hydrogen-bond acceptors (Lipinski definition) is 5. The minimum Gasteiger partial charge on any atom is -0.493 e. The Morgan fingerprint density at radius 3 is 2.57 bits per heavy atom. The summed E-state index contributed by atoms with van der Waals surface area (Å²) in [6.07, 6.45) is -0.406. The number of methoxy groups -OCH3 is 2. The van der Waals surface area contributed by atoms with Crippen molar-refractivity contribution in [2.24, 2.45) is 5.92 Å². The van der Waals surface area contributed by atoms with Crippen molar-refractivity contribution < 1.29 is 19.4 Å². The SMILES string of the molecule is COc1cc(C)c(C(=O)NCC2CNCC2O)cc1OC. The maximum Gasteiger partial charge on any atom is 0.251 e. The van der Waals surface area contributed by atoms with E-state index < -0.39 is 6.10 Å². The van der Waals surface area contributed by atoms with Gasteiger partial charge in [0.2, 0.25) is 0 Å². The van der Waals surface area contributed by atoms with Gasteiger partial charge in [-0.25, -0.2) is 0 Å². The topological polar surface area (TPSA) is 79.8 Å². The molecular weight excluding hydrogens is 272 g/mol. The number of carbonyl (C=O) groups is 1. The van der Waals surface area contributed by atoms with Crippen molar-refractivity contribution in [3.63, 3.8) is 0 Å². The Bertz CT molecular complexity index is 519. The van der Waals surface area contributed by atoms with E-state index in [1.807, 2.05) is 6.92 Å². The van der Waals surface area contributed by atoms with E-state index in [0.717, 1.165) is 5.56 Å². The molecule has 1 aromatic carbocycles. The summed E-state index contributed by atoms with van der Waals surface area (Å²) in [5.41, 5.74) is 1.36. The summed E-state index contributed by atoms with van der Waals surface area (Å²) in [5, 5.41) is 15.7. The highest BCUT2D eigenvalue weighted by Crippen LogP contribution is 2.30. The third-order valence-corrected chi connectivity index (χ3v) is 3.80. The molecule has 0 aliphatic carbocycles. The Morgan fingerprint density at radius 2 is 2.00 bits per heavy atom. The smallest absolute Gasteiger partial charge is 0.251 e. The molecule has 116 valence electrons. The normalized spacial score (nSPS) is 21.1. The number of rotatable bonds is 5. The number of aliphatic hydroxyl groups is 1. The van der Waals surface area contributed by atoms with Crippen molar-refractivity contribution in [2.45, 2.75) is 13.0 Å². The number of ether oxygens (including phenoxy) is 2. The molecule has 2 unspecified atom stereocenters. The molecule has 2 rings (SSSR count). The molecular formula is C15H22N2O4. The van der Waals surface area contributed by atoms with Crippen molar-refractivity contribution in [1.29, 1.82) is 0 Å². The Balaban J connectivity index is 2.08. The van der Waals surface area contributed by atoms with Crippen molar-refractivity contribution in [3.05, 3.63) is 23.3 Å². The Kier molecular flexibility index (Phi) is 5.03. The zero-order valence-corrected chi connectivity index (χ0v) is 12.6. The number of hydrogen-bond donors (Lipinski definition) is 3. The molecule has 0 radical (unpaired) electrons. The van der Waals surface area contributed by atoms with E-state index in [2.05, 4.69) is 10.6 Å². The molecule has 1 amide bonds. The third-order valence-electron chi connectivity index (χ3n) is 3.80. The lowest BCUT2D eigenvalue weighted by molar-refractivity contribution is 0.0926. The van der Waals surface area contributed by atoms with Crippen LogP contribution in [0, 0.1) is 12.8 Å². The fourth-order valence-electron chi connectivity index (χ4n) is 2.47. The van der Waals surface area contributed by atoms with Crippen LogP contribution in [0.15, 0.2) is 12.1 Å². The van der Waals surface area contributed by atoms with Gasteiger partial charge in [-0.1, -0.05) is 0 Å². The zero-order chi connectivity index (χ0) is 15.4. The van der Waals surface area contributed by atoms with E-state index >= 15 is 0 Å². The van der Waals surface area contributed by atoms with Gasteiger partial charge in [-0.05, 0) is 24.6 Å². The minimum atomic E-state index is -0.406. The summed E-state index contributed by atoms with van der Waals surface area (Å²) in [6.45, 7) is 3.59. The lowest BCUT2D eigenvalue weighted by atomic mass is 10.0.